The number of nitrogens with zero attached hydrogens (tertiary/aromatic N) is 3. The molecule has 0 fully saturated rings. The number of ether oxygens (including phenoxy) is 3. The maximum absolute atomic E-state index is 13.9. The molecule has 3 amide bonds. The van der Waals surface area contributed by atoms with Crippen LogP contribution in [-0.2, 0) is 40.6 Å². The van der Waals surface area contributed by atoms with Crippen LogP contribution in [-0.4, -0.2) is 70.0 Å². The van der Waals surface area contributed by atoms with E-state index in [4.69, 9.17) is 45.0 Å². The lowest BCUT2D eigenvalue weighted by atomic mass is 9.93. The number of alkyl carbamates (subject to hydrolysis) is 2. The number of aromatic nitrogens is 1. The number of fused-ring (bicyclic) bond motifs is 1. The molecule has 0 aliphatic heterocycles. The highest BCUT2D eigenvalue weighted by Crippen LogP contribution is 2.38. The van der Waals surface area contributed by atoms with E-state index in [1.165, 1.54) is 24.3 Å². The monoisotopic (exact) mass is 893 g/mol. The normalized spacial score (nSPS) is 11.2. The molecule has 0 aliphatic rings. The summed E-state index contributed by atoms with van der Waals surface area (Å²) >= 11 is 8.42. The Labute approximate surface area is 369 Å². The standard InChI is InChI=1S/C42H52ClN5O7S.2CO2/c1-39(2,3)24-48(22-27-23-56-33(32(27)43)40(4,5)6)34(49)31-19-15-26-21-29(18-20-30(26)45-31)53-35(50)25-13-16-28(17-14-25)44-36(46-37(51)54-41(7,8)9)47-38(52)55-42(10,11)12;2*2-1-3/h13-21,23H,22,24H2,1-12H3,(H2,44,46,47,51,52);;. The minimum Gasteiger partial charge on any atom is -0.444 e. The zero-order chi connectivity index (χ0) is 47.2. The Kier molecular flexibility index (Phi) is 18.4. The number of pyridine rings is 1. The lowest BCUT2D eigenvalue weighted by molar-refractivity contribution is -0.193. The Hall–Kier alpha value is -6.25. The summed E-state index contributed by atoms with van der Waals surface area (Å²) in [5, 5.41) is 8.24. The van der Waals surface area contributed by atoms with Gasteiger partial charge in [0.2, 0.25) is 5.96 Å². The van der Waals surface area contributed by atoms with E-state index in [0.29, 0.717) is 40.4 Å². The van der Waals surface area contributed by atoms with Crippen LogP contribution >= 0.6 is 22.9 Å². The fraction of sp³-hybridized carbons (Fsp3) is 0.409. The summed E-state index contributed by atoms with van der Waals surface area (Å²) in [4.78, 5) is 96.3. The van der Waals surface area contributed by atoms with Gasteiger partial charge in [-0.15, -0.1) is 11.3 Å². The van der Waals surface area contributed by atoms with Crippen LogP contribution in [0.5, 0.6) is 5.75 Å². The summed E-state index contributed by atoms with van der Waals surface area (Å²) in [7, 11) is 0. The average Bonchev–Trinajstić information content (AvgIpc) is 3.49. The summed E-state index contributed by atoms with van der Waals surface area (Å²) in [5.74, 6) is -0.787. The van der Waals surface area contributed by atoms with E-state index in [1.807, 2.05) is 5.38 Å². The van der Waals surface area contributed by atoms with Crippen molar-refractivity contribution in [2.45, 2.75) is 106 Å². The number of aliphatic imine (C=N–C) groups is 1. The van der Waals surface area contributed by atoms with E-state index in [2.05, 4.69) is 62.2 Å². The summed E-state index contributed by atoms with van der Waals surface area (Å²) < 4.78 is 16.2. The number of hydrogen-bond donors (Lipinski definition) is 2. The van der Waals surface area contributed by atoms with Crippen molar-refractivity contribution in [3.05, 3.63) is 86.7 Å². The molecule has 2 N–H and O–H groups in total. The van der Waals surface area contributed by atoms with Crippen molar-refractivity contribution in [1.29, 1.82) is 0 Å². The van der Waals surface area contributed by atoms with Gasteiger partial charge < -0.3 is 19.1 Å². The molecule has 0 aliphatic carbocycles. The van der Waals surface area contributed by atoms with Crippen molar-refractivity contribution in [2.24, 2.45) is 10.4 Å². The molecule has 62 heavy (non-hydrogen) atoms. The SMILES string of the molecule is CC(C)(C)CN(Cc1csc(C(C)(C)C)c1Cl)C(=O)c1ccc2cc(OC(=O)c3ccc(N=C(NC(=O)OC(C)(C)C)NC(=O)OC(C)(C)C)cc3)ccc2n1.O=C=O.O=C=O. The third-order valence-electron chi connectivity index (χ3n) is 7.47. The lowest BCUT2D eigenvalue weighted by Crippen LogP contribution is -2.47. The van der Waals surface area contributed by atoms with Crippen LogP contribution < -0.4 is 15.4 Å². The predicted molar refractivity (Wildman–Crippen MR) is 231 cm³/mol. The van der Waals surface area contributed by atoms with Gasteiger partial charge in [0, 0.05) is 28.9 Å². The van der Waals surface area contributed by atoms with Crippen LogP contribution in [0.1, 0.15) is 114 Å². The van der Waals surface area contributed by atoms with Gasteiger partial charge in [-0.3, -0.25) is 15.4 Å². The van der Waals surface area contributed by atoms with Crippen LogP contribution in [0.15, 0.2) is 65.0 Å². The lowest BCUT2D eigenvalue weighted by Gasteiger charge is -2.30. The average molecular weight is 894 g/mol. The van der Waals surface area contributed by atoms with Crippen LogP contribution in [0.4, 0.5) is 15.3 Å². The van der Waals surface area contributed by atoms with Crippen LogP contribution in [0.25, 0.3) is 10.9 Å². The number of guanidine groups is 1. The molecular formula is C44H52ClN5O11S. The Bertz CT molecular complexity index is 2280. The molecule has 16 nitrogen and oxygen atoms in total. The van der Waals surface area contributed by atoms with Crippen molar-refractivity contribution in [2.75, 3.05) is 6.54 Å². The van der Waals surface area contributed by atoms with Crippen molar-refractivity contribution in [1.82, 2.24) is 20.5 Å². The molecule has 0 spiro atoms. The number of thiophene rings is 1. The van der Waals surface area contributed by atoms with Crippen LogP contribution in [0, 0.1) is 5.41 Å². The maximum Gasteiger partial charge on any atom is 0.414 e. The Morgan fingerprint density at radius 3 is 1.77 bits per heavy atom. The molecule has 0 radical (unpaired) electrons. The van der Waals surface area contributed by atoms with E-state index in [0.717, 1.165) is 10.4 Å². The second-order valence-electron chi connectivity index (χ2n) is 17.7. The third kappa shape index (κ3) is 17.8. The fourth-order valence-electron chi connectivity index (χ4n) is 5.27. The Balaban J connectivity index is 0.00000208. The molecule has 2 aromatic heterocycles. The van der Waals surface area contributed by atoms with E-state index >= 15 is 0 Å². The molecule has 4 aromatic rings. The van der Waals surface area contributed by atoms with Gasteiger partial charge in [0.25, 0.3) is 5.91 Å². The second kappa shape index (κ2) is 22.0. The molecule has 0 saturated carbocycles. The number of halogens is 1. The molecule has 0 bridgehead atoms. The highest BCUT2D eigenvalue weighted by atomic mass is 35.5. The number of hydrogen-bond acceptors (Lipinski definition) is 14. The summed E-state index contributed by atoms with van der Waals surface area (Å²) in [6.45, 7) is 23.6. The smallest absolute Gasteiger partial charge is 0.414 e. The Morgan fingerprint density at radius 1 is 0.774 bits per heavy atom. The van der Waals surface area contributed by atoms with Crippen molar-refractivity contribution >= 4 is 81.9 Å². The molecule has 2 aromatic carbocycles. The van der Waals surface area contributed by atoms with E-state index in [-0.39, 0.29) is 46.3 Å². The highest BCUT2D eigenvalue weighted by Gasteiger charge is 2.28. The van der Waals surface area contributed by atoms with E-state index in [1.54, 1.807) is 88.1 Å². The first kappa shape index (κ1) is 51.9. The number of benzene rings is 2. The van der Waals surface area contributed by atoms with Gasteiger partial charge in [-0.25, -0.2) is 24.4 Å². The topological polar surface area (TPSA) is 217 Å². The van der Waals surface area contributed by atoms with Gasteiger partial charge in [0.1, 0.15) is 22.6 Å². The molecular weight excluding hydrogens is 842 g/mol. The number of nitrogens with one attached hydrogen (secondary N) is 2. The Morgan fingerprint density at radius 2 is 1.31 bits per heavy atom. The summed E-state index contributed by atoms with van der Waals surface area (Å²) in [6, 6.07) is 14.5. The van der Waals surface area contributed by atoms with Gasteiger partial charge in [0.05, 0.1) is 21.8 Å². The van der Waals surface area contributed by atoms with Crippen molar-refractivity contribution in [3.8, 4) is 5.75 Å². The maximum atomic E-state index is 13.9. The van der Waals surface area contributed by atoms with E-state index < -0.39 is 29.4 Å². The molecule has 0 saturated heterocycles. The van der Waals surface area contributed by atoms with Gasteiger partial charge >= 0.3 is 30.5 Å². The number of carbonyl (C=O) groups is 4. The number of esters is 1. The predicted octanol–water partition coefficient (Wildman–Crippen LogP) is 9.02. The molecule has 332 valence electrons. The summed E-state index contributed by atoms with van der Waals surface area (Å²) in [5.41, 5.74) is 0.427. The number of amides is 3. The first-order valence-corrected chi connectivity index (χ1v) is 20.2. The highest BCUT2D eigenvalue weighted by molar-refractivity contribution is 7.11. The fourth-order valence-corrected chi connectivity index (χ4v) is 6.91. The van der Waals surface area contributed by atoms with Gasteiger partial charge in [-0.2, -0.15) is 19.2 Å². The third-order valence-corrected chi connectivity index (χ3v) is 9.47. The molecule has 18 heteroatoms. The zero-order valence-corrected chi connectivity index (χ0v) is 38.4. The van der Waals surface area contributed by atoms with Crippen molar-refractivity contribution in [3.63, 3.8) is 0 Å². The van der Waals surface area contributed by atoms with E-state index in [9.17, 15) is 19.2 Å². The first-order chi connectivity index (χ1) is 28.6. The molecule has 0 unspecified atom stereocenters. The van der Waals surface area contributed by atoms with Gasteiger partial charge in [-0.05, 0) is 106 Å². The minimum absolute atomic E-state index is 0.108. The molecule has 0 atom stereocenters. The van der Waals surface area contributed by atoms with Crippen molar-refractivity contribution < 1.29 is 52.6 Å². The van der Waals surface area contributed by atoms with Crippen LogP contribution in [0.3, 0.4) is 0 Å². The molecule has 4 rings (SSSR count). The zero-order valence-electron chi connectivity index (χ0n) is 36.8. The summed E-state index contributed by atoms with van der Waals surface area (Å²) in [6.07, 6.45) is -1.17. The number of carbonyl (C=O) groups excluding carboxylic acids is 8. The van der Waals surface area contributed by atoms with Gasteiger partial charge in [-0.1, -0.05) is 59.2 Å². The minimum atomic E-state index is -0.836. The van der Waals surface area contributed by atoms with Gasteiger partial charge in [0.15, 0.2) is 0 Å². The quantitative estimate of drug-likeness (QED) is 0.0769. The second-order valence-corrected chi connectivity index (χ2v) is 19.0. The molecule has 2 heterocycles. The number of rotatable bonds is 7. The first-order valence-electron chi connectivity index (χ1n) is 19.0. The largest absolute Gasteiger partial charge is 0.444 e. The van der Waals surface area contributed by atoms with Crippen LogP contribution in [0.2, 0.25) is 5.02 Å².